The summed E-state index contributed by atoms with van der Waals surface area (Å²) in [6.45, 7) is 0. The molecule has 4 nitrogen and oxygen atoms in total. The lowest BCUT2D eigenvalue weighted by Gasteiger charge is -2.18. The van der Waals surface area contributed by atoms with E-state index in [0.29, 0.717) is 5.92 Å². The van der Waals surface area contributed by atoms with E-state index in [0.717, 1.165) is 35.7 Å². The molecule has 164 valence electrons. The van der Waals surface area contributed by atoms with E-state index < -0.39 is 0 Å². The van der Waals surface area contributed by atoms with Crippen LogP contribution in [0.2, 0.25) is 0 Å². The maximum Gasteiger partial charge on any atom is 0.146 e. The number of H-pyrrole nitrogens is 2. The van der Waals surface area contributed by atoms with Crippen molar-refractivity contribution >= 4 is 11.8 Å². The topological polar surface area (TPSA) is 53.2 Å². The number of nitrogens with zero attached hydrogens (tertiary/aromatic N) is 1. The number of aliphatic imine (C=N–C) groups is 1. The molecular weight excluding hydrogens is 394 g/mol. The van der Waals surface area contributed by atoms with Gasteiger partial charge >= 0.3 is 0 Å². The first-order chi connectivity index (χ1) is 15.8. The number of hydrogen-bond acceptors (Lipinski definition) is 2. The van der Waals surface area contributed by atoms with Crippen molar-refractivity contribution in [2.24, 2.45) is 4.99 Å². The van der Waals surface area contributed by atoms with E-state index in [1.54, 1.807) is 7.11 Å². The maximum atomic E-state index is 5.68. The minimum Gasteiger partial charge on any atom is -0.494 e. The van der Waals surface area contributed by atoms with Crippen LogP contribution in [0, 0.1) is 0 Å². The molecule has 2 N–H and O–H groups in total. The Hall–Kier alpha value is -3.27. The molecule has 0 radical (unpaired) electrons. The van der Waals surface area contributed by atoms with Gasteiger partial charge in [-0.05, 0) is 67.0 Å². The standard InChI is InChI=1S/C28H31N3O/c1-32-28-19-26(24-14-9-15-29-24)31-27(28)18-25-23-17-22(30-25)13-8-3-2-7-12-21(23)16-20-10-5-4-6-11-20/h4-6,9-11,14-15,17-19,21,29-30H,2-3,7-8,12-13,16H2,1H3. The van der Waals surface area contributed by atoms with Crippen LogP contribution in [0.5, 0.6) is 0 Å². The molecule has 1 aliphatic heterocycles. The average Bonchev–Trinajstić information content (AvgIpc) is 3.56. The van der Waals surface area contributed by atoms with Crippen LogP contribution in [0.25, 0.3) is 6.08 Å². The van der Waals surface area contributed by atoms with Gasteiger partial charge in [0.05, 0.1) is 18.5 Å². The number of allylic oxidation sites excluding steroid dienone is 1. The highest BCUT2D eigenvalue weighted by molar-refractivity contribution is 6.11. The molecule has 0 saturated heterocycles. The summed E-state index contributed by atoms with van der Waals surface area (Å²) in [6.07, 6.45) is 14.7. The van der Waals surface area contributed by atoms with Gasteiger partial charge in [0.1, 0.15) is 11.5 Å². The summed E-state index contributed by atoms with van der Waals surface area (Å²) in [5.41, 5.74) is 8.12. The van der Waals surface area contributed by atoms with Crippen molar-refractivity contribution in [2.75, 3.05) is 7.11 Å². The molecule has 3 aromatic rings. The zero-order chi connectivity index (χ0) is 21.8. The Bertz CT molecular complexity index is 1130. The second-order valence-corrected chi connectivity index (χ2v) is 8.83. The highest BCUT2D eigenvalue weighted by atomic mass is 16.5. The van der Waals surface area contributed by atoms with Crippen molar-refractivity contribution in [2.45, 2.75) is 50.9 Å². The normalized spacial score (nSPS) is 20.2. The Labute approximate surface area is 190 Å². The Morgan fingerprint density at radius 1 is 1.06 bits per heavy atom. The van der Waals surface area contributed by atoms with Crippen molar-refractivity contribution in [3.05, 3.63) is 100 Å². The molecular formula is C28H31N3O. The molecule has 5 rings (SSSR count). The predicted molar refractivity (Wildman–Crippen MR) is 131 cm³/mol. The number of aryl methyl sites for hydroxylation is 1. The summed E-state index contributed by atoms with van der Waals surface area (Å²) in [5.74, 6) is 1.30. The Morgan fingerprint density at radius 2 is 1.94 bits per heavy atom. The minimum atomic E-state index is 0.496. The second-order valence-electron chi connectivity index (χ2n) is 8.83. The number of benzene rings is 1. The first-order valence-electron chi connectivity index (χ1n) is 11.8. The van der Waals surface area contributed by atoms with Gasteiger partial charge in [-0.1, -0.05) is 49.6 Å². The van der Waals surface area contributed by atoms with Crippen molar-refractivity contribution in [1.82, 2.24) is 9.97 Å². The molecule has 0 saturated carbocycles. The maximum absolute atomic E-state index is 5.68. The van der Waals surface area contributed by atoms with Crippen LogP contribution in [0.4, 0.5) is 0 Å². The lowest BCUT2D eigenvalue weighted by atomic mass is 9.86. The number of aromatic nitrogens is 2. The third-order valence-corrected chi connectivity index (χ3v) is 6.59. The van der Waals surface area contributed by atoms with Crippen molar-refractivity contribution < 1.29 is 4.74 Å². The SMILES string of the molecule is COC1=CC(c2ccc[nH]2)=NC1=Cc1[nH]c2cc1C(Cc1ccccc1)CCCCCC2. The van der Waals surface area contributed by atoms with Gasteiger partial charge in [0, 0.05) is 23.7 Å². The van der Waals surface area contributed by atoms with Gasteiger partial charge in [-0.15, -0.1) is 0 Å². The fraction of sp³-hybridized carbons (Fsp3) is 0.321. The molecule has 4 heteroatoms. The number of ether oxygens (including phenoxy) is 1. The number of rotatable bonds is 5. The first-order valence-corrected chi connectivity index (χ1v) is 11.8. The zero-order valence-electron chi connectivity index (χ0n) is 18.7. The highest BCUT2D eigenvalue weighted by Gasteiger charge is 2.22. The molecule has 1 aliphatic carbocycles. The van der Waals surface area contributed by atoms with E-state index in [4.69, 9.17) is 9.73 Å². The summed E-state index contributed by atoms with van der Waals surface area (Å²) in [7, 11) is 1.72. The Morgan fingerprint density at radius 3 is 2.75 bits per heavy atom. The van der Waals surface area contributed by atoms with Crippen LogP contribution < -0.4 is 0 Å². The Balaban J connectivity index is 1.52. The van der Waals surface area contributed by atoms with Crippen LogP contribution in [-0.4, -0.2) is 22.8 Å². The average molecular weight is 426 g/mol. The second kappa shape index (κ2) is 9.47. The molecule has 1 atom stereocenters. The number of hydrogen-bond donors (Lipinski definition) is 2. The largest absolute Gasteiger partial charge is 0.494 e. The number of methoxy groups -OCH3 is 1. The van der Waals surface area contributed by atoms with Gasteiger partial charge in [-0.25, -0.2) is 4.99 Å². The van der Waals surface area contributed by atoms with E-state index in [1.165, 1.54) is 54.6 Å². The van der Waals surface area contributed by atoms with Crippen molar-refractivity contribution in [1.29, 1.82) is 0 Å². The third kappa shape index (κ3) is 4.50. The summed E-state index contributed by atoms with van der Waals surface area (Å²) >= 11 is 0. The van der Waals surface area contributed by atoms with Gasteiger partial charge in [0.25, 0.3) is 0 Å². The molecule has 2 bridgehead atoms. The summed E-state index contributed by atoms with van der Waals surface area (Å²) in [4.78, 5) is 11.9. The van der Waals surface area contributed by atoms with E-state index in [-0.39, 0.29) is 0 Å². The molecule has 2 aliphatic rings. The molecule has 32 heavy (non-hydrogen) atoms. The van der Waals surface area contributed by atoms with Crippen LogP contribution in [-0.2, 0) is 17.6 Å². The zero-order valence-corrected chi connectivity index (χ0v) is 18.7. The number of aromatic amines is 2. The molecule has 1 aromatic carbocycles. The van der Waals surface area contributed by atoms with Gasteiger partial charge in [0.2, 0.25) is 0 Å². The molecule has 0 spiro atoms. The predicted octanol–water partition coefficient (Wildman–Crippen LogP) is 6.55. The van der Waals surface area contributed by atoms with E-state index in [1.807, 2.05) is 24.4 Å². The summed E-state index contributed by atoms with van der Waals surface area (Å²) in [5, 5.41) is 0. The van der Waals surface area contributed by atoms with Crippen LogP contribution in [0.15, 0.2) is 77.3 Å². The van der Waals surface area contributed by atoms with Gasteiger partial charge in [-0.2, -0.15) is 0 Å². The molecule has 0 fully saturated rings. The van der Waals surface area contributed by atoms with E-state index in [9.17, 15) is 0 Å². The fourth-order valence-corrected chi connectivity index (χ4v) is 4.91. The molecule has 3 heterocycles. The monoisotopic (exact) mass is 425 g/mol. The number of nitrogens with one attached hydrogen (secondary N) is 2. The quantitative estimate of drug-likeness (QED) is 0.478. The van der Waals surface area contributed by atoms with Gasteiger partial charge in [-0.3, -0.25) is 0 Å². The summed E-state index contributed by atoms with van der Waals surface area (Å²) < 4.78 is 5.68. The molecule has 2 aromatic heterocycles. The van der Waals surface area contributed by atoms with E-state index in [2.05, 4.69) is 52.4 Å². The van der Waals surface area contributed by atoms with Gasteiger partial charge < -0.3 is 14.7 Å². The van der Waals surface area contributed by atoms with Crippen molar-refractivity contribution in [3.8, 4) is 0 Å². The summed E-state index contributed by atoms with van der Waals surface area (Å²) in [6, 6.07) is 17.3. The molecule has 0 amide bonds. The minimum absolute atomic E-state index is 0.496. The Kier molecular flexibility index (Phi) is 6.11. The van der Waals surface area contributed by atoms with E-state index >= 15 is 0 Å². The number of fused-ring (bicyclic) bond motifs is 2. The van der Waals surface area contributed by atoms with Gasteiger partial charge in [0.15, 0.2) is 0 Å². The lowest BCUT2D eigenvalue weighted by Crippen LogP contribution is -2.05. The van der Waals surface area contributed by atoms with Crippen LogP contribution >= 0.6 is 0 Å². The van der Waals surface area contributed by atoms with Crippen LogP contribution in [0.3, 0.4) is 0 Å². The lowest BCUT2D eigenvalue weighted by molar-refractivity contribution is 0.303. The fourth-order valence-electron chi connectivity index (χ4n) is 4.91. The molecule has 1 unspecified atom stereocenters. The first kappa shape index (κ1) is 20.6. The highest BCUT2D eigenvalue weighted by Crippen LogP contribution is 2.34. The van der Waals surface area contributed by atoms with Crippen molar-refractivity contribution in [3.63, 3.8) is 0 Å². The smallest absolute Gasteiger partial charge is 0.146 e. The van der Waals surface area contributed by atoms with Crippen LogP contribution in [0.1, 0.15) is 66.2 Å². The third-order valence-electron chi connectivity index (χ3n) is 6.59.